The predicted octanol–water partition coefficient (Wildman–Crippen LogP) is 1.59. The molecule has 1 atom stereocenters. The van der Waals surface area contributed by atoms with Crippen LogP contribution < -0.4 is 5.32 Å². The summed E-state index contributed by atoms with van der Waals surface area (Å²) in [6.07, 6.45) is 10.2. The van der Waals surface area contributed by atoms with E-state index in [-0.39, 0.29) is 5.91 Å². The zero-order valence-corrected chi connectivity index (χ0v) is 11.0. The van der Waals surface area contributed by atoms with Gasteiger partial charge in [0.2, 0.25) is 5.91 Å². The summed E-state index contributed by atoms with van der Waals surface area (Å²) in [4.78, 5) is 19.7. The van der Waals surface area contributed by atoms with Crippen molar-refractivity contribution in [1.29, 1.82) is 0 Å². The van der Waals surface area contributed by atoms with E-state index in [9.17, 15) is 4.79 Å². The number of amides is 1. The largest absolute Gasteiger partial charge is 0.356 e. The minimum atomic E-state index is 0.0332. The fraction of sp³-hybridized carbons (Fsp3) is 0.357. The maximum Gasteiger partial charge on any atom is 0.224 e. The first-order chi connectivity index (χ1) is 9.25. The van der Waals surface area contributed by atoms with E-state index < -0.39 is 0 Å². The van der Waals surface area contributed by atoms with Gasteiger partial charge in [-0.15, -0.1) is 0 Å². The molecular formula is C14H18N4O. The van der Waals surface area contributed by atoms with Gasteiger partial charge < -0.3 is 9.88 Å². The maximum absolute atomic E-state index is 11.7. The van der Waals surface area contributed by atoms with Crippen LogP contribution in [-0.2, 0) is 11.2 Å². The third kappa shape index (κ3) is 4.21. The van der Waals surface area contributed by atoms with Crippen molar-refractivity contribution in [3.05, 3.63) is 48.8 Å². The monoisotopic (exact) mass is 258 g/mol. The molecular weight excluding hydrogens is 240 g/mol. The Labute approximate surface area is 112 Å². The number of hydrogen-bond donors (Lipinski definition) is 1. The molecule has 0 radical (unpaired) electrons. The predicted molar refractivity (Wildman–Crippen MR) is 72.5 cm³/mol. The lowest BCUT2D eigenvalue weighted by Crippen LogP contribution is -2.27. The van der Waals surface area contributed by atoms with Crippen molar-refractivity contribution in [1.82, 2.24) is 19.9 Å². The summed E-state index contributed by atoms with van der Waals surface area (Å²) in [6.45, 7) is 2.77. The van der Waals surface area contributed by atoms with Crippen LogP contribution in [0.4, 0.5) is 0 Å². The molecule has 5 heteroatoms. The SMILES string of the molecule is C[C@H](CCNC(=O)Cc1cccnc1)n1ccnc1. The fourth-order valence-electron chi connectivity index (χ4n) is 1.85. The molecule has 0 aliphatic rings. The Morgan fingerprint density at radius 1 is 1.42 bits per heavy atom. The molecule has 2 aromatic rings. The molecule has 0 bridgehead atoms. The molecule has 1 N–H and O–H groups in total. The third-order valence-corrected chi connectivity index (χ3v) is 3.01. The molecule has 2 heterocycles. The summed E-state index contributed by atoms with van der Waals surface area (Å²) in [5.41, 5.74) is 0.933. The van der Waals surface area contributed by atoms with E-state index >= 15 is 0 Å². The van der Waals surface area contributed by atoms with E-state index in [1.165, 1.54) is 0 Å². The van der Waals surface area contributed by atoms with Crippen LogP contribution in [0.5, 0.6) is 0 Å². The topological polar surface area (TPSA) is 59.8 Å². The summed E-state index contributed by atoms with van der Waals surface area (Å²) < 4.78 is 2.03. The van der Waals surface area contributed by atoms with E-state index in [0.717, 1.165) is 12.0 Å². The second-order valence-corrected chi connectivity index (χ2v) is 4.54. The first-order valence-electron chi connectivity index (χ1n) is 6.39. The summed E-state index contributed by atoms with van der Waals surface area (Å²) in [5.74, 6) is 0.0332. The quantitative estimate of drug-likeness (QED) is 0.856. The number of carbonyl (C=O) groups excluding carboxylic acids is 1. The van der Waals surface area contributed by atoms with Crippen molar-refractivity contribution in [3.8, 4) is 0 Å². The Morgan fingerprint density at radius 2 is 2.32 bits per heavy atom. The van der Waals surface area contributed by atoms with Gasteiger partial charge in [0, 0.05) is 37.4 Å². The van der Waals surface area contributed by atoms with Gasteiger partial charge in [-0.1, -0.05) is 6.07 Å². The molecule has 100 valence electrons. The molecule has 0 spiro atoms. The zero-order chi connectivity index (χ0) is 13.5. The molecule has 2 rings (SSSR count). The molecule has 5 nitrogen and oxygen atoms in total. The van der Waals surface area contributed by atoms with Crippen molar-refractivity contribution < 1.29 is 4.79 Å². The van der Waals surface area contributed by atoms with Gasteiger partial charge in [0.25, 0.3) is 0 Å². The number of nitrogens with one attached hydrogen (secondary N) is 1. The summed E-state index contributed by atoms with van der Waals surface area (Å²) in [6, 6.07) is 4.07. The van der Waals surface area contributed by atoms with Crippen LogP contribution in [0.25, 0.3) is 0 Å². The van der Waals surface area contributed by atoms with Gasteiger partial charge in [0.1, 0.15) is 0 Å². The molecule has 0 fully saturated rings. The number of rotatable bonds is 6. The van der Waals surface area contributed by atoms with Gasteiger partial charge in [0.05, 0.1) is 12.7 Å². The first-order valence-corrected chi connectivity index (χ1v) is 6.39. The second-order valence-electron chi connectivity index (χ2n) is 4.54. The number of nitrogens with zero attached hydrogens (tertiary/aromatic N) is 3. The van der Waals surface area contributed by atoms with Crippen molar-refractivity contribution in [3.63, 3.8) is 0 Å². The van der Waals surface area contributed by atoms with E-state index in [0.29, 0.717) is 19.0 Å². The number of hydrogen-bond acceptors (Lipinski definition) is 3. The maximum atomic E-state index is 11.7. The molecule has 1 amide bonds. The van der Waals surface area contributed by atoms with Crippen LogP contribution in [0.2, 0.25) is 0 Å². The van der Waals surface area contributed by atoms with Gasteiger partial charge in [-0.05, 0) is 25.0 Å². The highest BCUT2D eigenvalue weighted by Crippen LogP contribution is 2.08. The molecule has 0 unspecified atom stereocenters. The van der Waals surface area contributed by atoms with Gasteiger partial charge in [-0.3, -0.25) is 9.78 Å². The van der Waals surface area contributed by atoms with Gasteiger partial charge in [-0.25, -0.2) is 4.98 Å². The summed E-state index contributed by atoms with van der Waals surface area (Å²) in [5, 5.41) is 2.92. The molecule has 0 saturated heterocycles. The fourth-order valence-corrected chi connectivity index (χ4v) is 1.85. The standard InChI is InChI=1S/C14H18N4O/c1-12(18-8-7-16-11-18)4-6-17-14(19)9-13-3-2-5-15-10-13/h2-3,5,7-8,10-12H,4,6,9H2,1H3,(H,17,19)/t12-/m1/s1. The minimum Gasteiger partial charge on any atom is -0.356 e. The summed E-state index contributed by atoms with van der Waals surface area (Å²) in [7, 11) is 0. The third-order valence-electron chi connectivity index (χ3n) is 3.01. The second kappa shape index (κ2) is 6.68. The number of imidazole rings is 1. The van der Waals surface area contributed by atoms with Crippen LogP contribution in [0.15, 0.2) is 43.2 Å². The Balaban J connectivity index is 1.70. The summed E-state index contributed by atoms with van der Waals surface area (Å²) >= 11 is 0. The molecule has 0 saturated carbocycles. The van der Waals surface area contributed by atoms with Crippen LogP contribution in [0, 0.1) is 0 Å². The van der Waals surface area contributed by atoms with Gasteiger partial charge >= 0.3 is 0 Å². The Bertz CT molecular complexity index is 495. The van der Waals surface area contributed by atoms with Crippen LogP contribution in [0.1, 0.15) is 24.9 Å². The van der Waals surface area contributed by atoms with E-state index in [1.54, 1.807) is 24.9 Å². The Morgan fingerprint density at radius 3 is 3.00 bits per heavy atom. The highest BCUT2D eigenvalue weighted by molar-refractivity contribution is 5.78. The van der Waals surface area contributed by atoms with E-state index in [4.69, 9.17) is 0 Å². The lowest BCUT2D eigenvalue weighted by Gasteiger charge is -2.13. The number of carbonyl (C=O) groups is 1. The van der Waals surface area contributed by atoms with Crippen LogP contribution >= 0.6 is 0 Å². The van der Waals surface area contributed by atoms with Crippen molar-refractivity contribution in [2.75, 3.05) is 6.54 Å². The first kappa shape index (κ1) is 13.3. The van der Waals surface area contributed by atoms with Crippen molar-refractivity contribution in [2.45, 2.75) is 25.8 Å². The molecule has 0 aliphatic heterocycles. The minimum absolute atomic E-state index is 0.0332. The lowest BCUT2D eigenvalue weighted by atomic mass is 10.2. The number of aromatic nitrogens is 3. The lowest BCUT2D eigenvalue weighted by molar-refractivity contribution is -0.120. The van der Waals surface area contributed by atoms with Gasteiger partial charge in [0.15, 0.2) is 0 Å². The zero-order valence-electron chi connectivity index (χ0n) is 11.0. The van der Waals surface area contributed by atoms with E-state index in [2.05, 4.69) is 22.2 Å². The average Bonchev–Trinajstić information content (AvgIpc) is 2.93. The molecule has 2 aromatic heterocycles. The van der Waals surface area contributed by atoms with Crippen LogP contribution in [0.3, 0.4) is 0 Å². The number of pyridine rings is 1. The van der Waals surface area contributed by atoms with Crippen molar-refractivity contribution >= 4 is 5.91 Å². The van der Waals surface area contributed by atoms with E-state index in [1.807, 2.05) is 22.9 Å². The van der Waals surface area contributed by atoms with Gasteiger partial charge in [-0.2, -0.15) is 0 Å². The van der Waals surface area contributed by atoms with Crippen LogP contribution in [-0.4, -0.2) is 27.0 Å². The molecule has 0 aliphatic carbocycles. The van der Waals surface area contributed by atoms with Crippen molar-refractivity contribution in [2.24, 2.45) is 0 Å². The Kier molecular flexibility index (Phi) is 4.66. The highest BCUT2D eigenvalue weighted by atomic mass is 16.1. The molecule has 19 heavy (non-hydrogen) atoms. The highest BCUT2D eigenvalue weighted by Gasteiger charge is 2.06. The average molecular weight is 258 g/mol. The normalized spacial score (nSPS) is 12.1. The Hall–Kier alpha value is -2.17. The molecule has 0 aromatic carbocycles. The smallest absolute Gasteiger partial charge is 0.224 e.